The molecule has 0 amide bonds. The standard InChI is InChI=1S/C16H23N3/c1-2-4-13(5-3-1)14(11-18-15-6-7-15)10-16-8-9-17-12-19-16/h8-10,12-13,15,18H,1-7,11H2. The van der Waals surface area contributed by atoms with Gasteiger partial charge in [0.2, 0.25) is 0 Å². The molecule has 1 aromatic rings. The molecule has 2 aliphatic rings. The molecule has 2 saturated carbocycles. The summed E-state index contributed by atoms with van der Waals surface area (Å²) in [4.78, 5) is 8.33. The molecule has 2 aliphatic carbocycles. The van der Waals surface area contributed by atoms with Crippen LogP contribution >= 0.6 is 0 Å². The summed E-state index contributed by atoms with van der Waals surface area (Å²) in [5.41, 5.74) is 2.60. The third-order valence-corrected chi connectivity index (χ3v) is 4.24. The summed E-state index contributed by atoms with van der Waals surface area (Å²) in [6.45, 7) is 1.04. The molecule has 0 atom stereocenters. The van der Waals surface area contributed by atoms with E-state index in [4.69, 9.17) is 0 Å². The van der Waals surface area contributed by atoms with E-state index in [0.29, 0.717) is 0 Å². The van der Waals surface area contributed by atoms with Crippen LogP contribution in [0.2, 0.25) is 0 Å². The molecule has 1 heterocycles. The van der Waals surface area contributed by atoms with Crippen LogP contribution in [0.5, 0.6) is 0 Å². The van der Waals surface area contributed by atoms with Crippen LogP contribution in [0.15, 0.2) is 24.2 Å². The highest BCUT2D eigenvalue weighted by Crippen LogP contribution is 2.31. The van der Waals surface area contributed by atoms with E-state index < -0.39 is 0 Å². The second kappa shape index (κ2) is 6.29. The molecular weight excluding hydrogens is 234 g/mol. The Morgan fingerprint density at radius 2 is 2.05 bits per heavy atom. The monoisotopic (exact) mass is 257 g/mol. The molecule has 0 aliphatic heterocycles. The van der Waals surface area contributed by atoms with Gasteiger partial charge in [-0.2, -0.15) is 0 Å². The van der Waals surface area contributed by atoms with Crippen molar-refractivity contribution in [3.63, 3.8) is 0 Å². The number of nitrogens with zero attached hydrogens (tertiary/aromatic N) is 2. The number of hydrogen-bond acceptors (Lipinski definition) is 3. The van der Waals surface area contributed by atoms with Crippen LogP contribution in [0, 0.1) is 5.92 Å². The fraction of sp³-hybridized carbons (Fsp3) is 0.625. The summed E-state index contributed by atoms with van der Waals surface area (Å²) in [5, 5.41) is 3.66. The van der Waals surface area contributed by atoms with Gasteiger partial charge in [0.1, 0.15) is 6.33 Å². The molecule has 19 heavy (non-hydrogen) atoms. The van der Waals surface area contributed by atoms with E-state index in [2.05, 4.69) is 21.4 Å². The third-order valence-electron chi connectivity index (χ3n) is 4.24. The predicted octanol–water partition coefficient (Wildman–Crippen LogP) is 3.19. The maximum Gasteiger partial charge on any atom is 0.115 e. The molecule has 1 N–H and O–H groups in total. The van der Waals surface area contributed by atoms with Crippen molar-refractivity contribution in [3.8, 4) is 0 Å². The van der Waals surface area contributed by atoms with Crippen LogP contribution in [0.4, 0.5) is 0 Å². The average Bonchev–Trinajstić information content (AvgIpc) is 3.30. The zero-order valence-electron chi connectivity index (χ0n) is 11.5. The van der Waals surface area contributed by atoms with Crippen LogP contribution in [-0.2, 0) is 0 Å². The molecule has 3 heteroatoms. The molecule has 1 aromatic heterocycles. The minimum absolute atomic E-state index is 0.759. The fourth-order valence-corrected chi connectivity index (χ4v) is 2.91. The number of aromatic nitrogens is 2. The maximum atomic E-state index is 4.34. The molecule has 2 fully saturated rings. The van der Waals surface area contributed by atoms with Gasteiger partial charge in [0.15, 0.2) is 0 Å². The first-order chi connectivity index (χ1) is 9.42. The van der Waals surface area contributed by atoms with Crippen molar-refractivity contribution in [2.45, 2.75) is 51.0 Å². The van der Waals surface area contributed by atoms with E-state index in [0.717, 1.165) is 24.2 Å². The Kier molecular flexibility index (Phi) is 4.23. The van der Waals surface area contributed by atoms with Crippen LogP contribution in [0.1, 0.15) is 50.6 Å². The Labute approximate surface area is 115 Å². The van der Waals surface area contributed by atoms with Crippen LogP contribution < -0.4 is 5.32 Å². The largest absolute Gasteiger partial charge is 0.310 e. The lowest BCUT2D eigenvalue weighted by Crippen LogP contribution is -2.24. The van der Waals surface area contributed by atoms with E-state index in [9.17, 15) is 0 Å². The van der Waals surface area contributed by atoms with Crippen LogP contribution in [-0.4, -0.2) is 22.6 Å². The van der Waals surface area contributed by atoms with Crippen LogP contribution in [0.25, 0.3) is 6.08 Å². The van der Waals surface area contributed by atoms with Gasteiger partial charge in [0, 0.05) is 18.8 Å². The van der Waals surface area contributed by atoms with Crippen molar-refractivity contribution in [1.29, 1.82) is 0 Å². The van der Waals surface area contributed by atoms with Gasteiger partial charge >= 0.3 is 0 Å². The summed E-state index contributed by atoms with van der Waals surface area (Å²) in [6.07, 6.45) is 15.3. The maximum absolute atomic E-state index is 4.34. The van der Waals surface area contributed by atoms with E-state index in [1.54, 1.807) is 11.9 Å². The van der Waals surface area contributed by atoms with Gasteiger partial charge in [-0.05, 0) is 43.7 Å². The van der Waals surface area contributed by atoms with E-state index in [1.807, 2.05) is 12.3 Å². The van der Waals surface area contributed by atoms with Gasteiger partial charge in [-0.25, -0.2) is 9.97 Å². The van der Waals surface area contributed by atoms with Crippen molar-refractivity contribution >= 4 is 6.08 Å². The zero-order chi connectivity index (χ0) is 12.9. The molecule has 102 valence electrons. The average molecular weight is 257 g/mol. The van der Waals surface area contributed by atoms with Gasteiger partial charge in [-0.15, -0.1) is 0 Å². The lowest BCUT2D eigenvalue weighted by atomic mass is 9.83. The Morgan fingerprint density at radius 3 is 2.74 bits per heavy atom. The first kappa shape index (κ1) is 12.8. The minimum Gasteiger partial charge on any atom is -0.310 e. The lowest BCUT2D eigenvalue weighted by molar-refractivity contribution is 0.396. The van der Waals surface area contributed by atoms with Crippen molar-refractivity contribution in [3.05, 3.63) is 29.9 Å². The summed E-state index contributed by atoms with van der Waals surface area (Å²) in [6, 6.07) is 2.78. The van der Waals surface area contributed by atoms with E-state index in [-0.39, 0.29) is 0 Å². The quantitative estimate of drug-likeness (QED) is 0.880. The second-order valence-corrected chi connectivity index (χ2v) is 5.84. The van der Waals surface area contributed by atoms with Crippen molar-refractivity contribution in [2.24, 2.45) is 5.92 Å². The molecule has 0 bridgehead atoms. The van der Waals surface area contributed by atoms with Gasteiger partial charge in [-0.1, -0.05) is 24.8 Å². The summed E-state index contributed by atoms with van der Waals surface area (Å²) < 4.78 is 0. The normalized spacial score (nSPS) is 21.6. The molecule has 3 nitrogen and oxygen atoms in total. The molecule has 3 rings (SSSR count). The smallest absolute Gasteiger partial charge is 0.115 e. The van der Waals surface area contributed by atoms with Gasteiger partial charge in [-0.3, -0.25) is 0 Å². The van der Waals surface area contributed by atoms with E-state index >= 15 is 0 Å². The highest BCUT2D eigenvalue weighted by Gasteiger charge is 2.23. The fourth-order valence-electron chi connectivity index (χ4n) is 2.91. The third kappa shape index (κ3) is 3.87. The van der Waals surface area contributed by atoms with Gasteiger partial charge in [0.25, 0.3) is 0 Å². The summed E-state index contributed by atoms with van der Waals surface area (Å²) in [5.74, 6) is 0.759. The second-order valence-electron chi connectivity index (χ2n) is 5.84. The SMILES string of the molecule is C(=C(CNC1CC1)C1CCCCC1)c1ccncn1. The molecule has 0 radical (unpaired) electrons. The highest BCUT2D eigenvalue weighted by molar-refractivity contribution is 5.49. The van der Waals surface area contributed by atoms with E-state index in [1.165, 1.54) is 44.9 Å². The lowest BCUT2D eigenvalue weighted by Gasteiger charge is -2.25. The number of nitrogens with one attached hydrogen (secondary N) is 1. The van der Waals surface area contributed by atoms with Crippen LogP contribution in [0.3, 0.4) is 0 Å². The van der Waals surface area contributed by atoms with Crippen molar-refractivity contribution in [1.82, 2.24) is 15.3 Å². The highest BCUT2D eigenvalue weighted by atomic mass is 14.9. The topological polar surface area (TPSA) is 37.8 Å². The molecule has 0 saturated heterocycles. The Morgan fingerprint density at radius 1 is 1.21 bits per heavy atom. The van der Waals surface area contributed by atoms with Gasteiger partial charge in [0.05, 0.1) is 5.69 Å². The Bertz CT molecular complexity index is 417. The first-order valence-electron chi connectivity index (χ1n) is 7.62. The van der Waals surface area contributed by atoms with Crippen molar-refractivity contribution < 1.29 is 0 Å². The summed E-state index contributed by atoms with van der Waals surface area (Å²) >= 11 is 0. The molecule has 0 unspecified atom stereocenters. The Balaban J connectivity index is 1.71. The molecule has 0 aromatic carbocycles. The van der Waals surface area contributed by atoms with Gasteiger partial charge < -0.3 is 5.32 Å². The summed E-state index contributed by atoms with van der Waals surface area (Å²) in [7, 11) is 0. The first-order valence-corrected chi connectivity index (χ1v) is 7.62. The predicted molar refractivity (Wildman–Crippen MR) is 77.6 cm³/mol. The minimum atomic E-state index is 0.759. The zero-order valence-corrected chi connectivity index (χ0v) is 11.5. The molecular formula is C16H23N3. The number of hydrogen-bond donors (Lipinski definition) is 1. The molecule has 0 spiro atoms. The van der Waals surface area contributed by atoms with Crippen molar-refractivity contribution in [2.75, 3.05) is 6.54 Å². The Hall–Kier alpha value is -1.22. The number of rotatable bonds is 5.